The largest absolute Gasteiger partial charge is 0.490 e. The summed E-state index contributed by atoms with van der Waals surface area (Å²) in [5.74, 6) is 0.549. The summed E-state index contributed by atoms with van der Waals surface area (Å²) >= 11 is 0. The van der Waals surface area contributed by atoms with Gasteiger partial charge in [0.05, 0.1) is 18.2 Å². The Hall–Kier alpha value is -3.42. The minimum absolute atomic E-state index is 0.0723. The third-order valence-electron chi connectivity index (χ3n) is 3.97. The second kappa shape index (κ2) is 9.50. The highest BCUT2D eigenvalue weighted by Crippen LogP contribution is 2.29. The van der Waals surface area contributed by atoms with Gasteiger partial charge in [0.25, 0.3) is 5.91 Å². The number of aryl methyl sites for hydroxylation is 1. The van der Waals surface area contributed by atoms with Gasteiger partial charge >= 0.3 is 5.69 Å². The van der Waals surface area contributed by atoms with Gasteiger partial charge in [-0.15, -0.1) is 0 Å². The molecule has 1 N–H and O–H groups in total. The molecule has 0 aliphatic heterocycles. The molecule has 8 heteroatoms. The van der Waals surface area contributed by atoms with Gasteiger partial charge in [-0.25, -0.2) is 5.43 Å². The Bertz CT molecular complexity index is 893. The number of hydrogen-bond donors (Lipinski definition) is 1. The number of nitro benzene ring substituents is 1. The van der Waals surface area contributed by atoms with Crippen molar-refractivity contribution in [1.29, 1.82) is 0 Å². The normalized spacial score (nSPS) is 10.9. The highest BCUT2D eigenvalue weighted by Gasteiger charge is 2.17. The Kier molecular flexibility index (Phi) is 7.08. The van der Waals surface area contributed by atoms with Crippen LogP contribution in [-0.2, 0) is 4.79 Å². The molecule has 0 atom stereocenters. The molecule has 0 saturated carbocycles. The monoisotopic (exact) mass is 385 g/mol. The van der Waals surface area contributed by atoms with Crippen molar-refractivity contribution in [2.24, 2.45) is 5.10 Å². The number of nitro groups is 1. The first-order valence-corrected chi connectivity index (χ1v) is 8.70. The quantitative estimate of drug-likeness (QED) is 0.425. The number of carbonyl (C=O) groups is 1. The second-order valence-electron chi connectivity index (χ2n) is 6.43. The van der Waals surface area contributed by atoms with E-state index in [1.54, 1.807) is 6.07 Å². The van der Waals surface area contributed by atoms with Crippen molar-refractivity contribution in [3.8, 4) is 11.5 Å². The predicted octanol–water partition coefficient (Wildman–Crippen LogP) is 3.56. The highest BCUT2D eigenvalue weighted by atomic mass is 16.6. The minimum Gasteiger partial charge on any atom is -0.490 e. The molecule has 2 aromatic rings. The van der Waals surface area contributed by atoms with Crippen LogP contribution in [0, 0.1) is 17.0 Å². The summed E-state index contributed by atoms with van der Waals surface area (Å²) in [7, 11) is 1.33. The maximum absolute atomic E-state index is 12.0. The van der Waals surface area contributed by atoms with E-state index in [4.69, 9.17) is 9.47 Å². The van der Waals surface area contributed by atoms with Crippen molar-refractivity contribution in [3.63, 3.8) is 0 Å². The number of para-hydroxylation sites is 1. The topological polar surface area (TPSA) is 103 Å². The third kappa shape index (κ3) is 5.29. The lowest BCUT2D eigenvalue weighted by molar-refractivity contribution is -0.385. The first kappa shape index (κ1) is 20.9. The van der Waals surface area contributed by atoms with E-state index in [9.17, 15) is 14.9 Å². The molecule has 0 aromatic heterocycles. The zero-order valence-electron chi connectivity index (χ0n) is 16.3. The minimum atomic E-state index is -0.545. The Labute approximate surface area is 163 Å². The summed E-state index contributed by atoms with van der Waals surface area (Å²) in [6, 6.07) is 10.3. The average molecular weight is 385 g/mol. The number of hydrazone groups is 1. The van der Waals surface area contributed by atoms with Crippen LogP contribution in [-0.4, -0.2) is 30.8 Å². The summed E-state index contributed by atoms with van der Waals surface area (Å²) in [6.45, 7) is 5.85. The lowest BCUT2D eigenvalue weighted by atomic mass is 10.0. The van der Waals surface area contributed by atoms with Gasteiger partial charge in [-0.2, -0.15) is 5.10 Å². The van der Waals surface area contributed by atoms with E-state index in [0.717, 1.165) is 11.1 Å². The van der Waals surface area contributed by atoms with Crippen molar-refractivity contribution in [2.75, 3.05) is 13.7 Å². The maximum atomic E-state index is 12.0. The fourth-order valence-corrected chi connectivity index (χ4v) is 2.60. The van der Waals surface area contributed by atoms with Gasteiger partial charge in [-0.3, -0.25) is 14.9 Å². The van der Waals surface area contributed by atoms with Crippen LogP contribution in [0.5, 0.6) is 11.5 Å². The molecule has 0 heterocycles. The number of rotatable bonds is 8. The number of nitrogens with one attached hydrogen (secondary N) is 1. The first-order valence-electron chi connectivity index (χ1n) is 8.70. The molecule has 2 rings (SSSR count). The SMILES string of the molecule is COc1c(C=NNC(=O)COc2cc(C)ccc2C(C)C)cccc1[N+](=O)[O-]. The zero-order valence-corrected chi connectivity index (χ0v) is 16.3. The maximum Gasteiger partial charge on any atom is 0.311 e. The van der Waals surface area contributed by atoms with Crippen LogP contribution in [0.4, 0.5) is 5.69 Å². The fraction of sp³-hybridized carbons (Fsp3) is 0.300. The van der Waals surface area contributed by atoms with Gasteiger partial charge in [-0.1, -0.05) is 32.0 Å². The molecule has 28 heavy (non-hydrogen) atoms. The van der Waals surface area contributed by atoms with E-state index in [0.29, 0.717) is 11.3 Å². The van der Waals surface area contributed by atoms with Crippen molar-refractivity contribution >= 4 is 17.8 Å². The fourth-order valence-electron chi connectivity index (χ4n) is 2.60. The molecule has 0 radical (unpaired) electrons. The molecule has 0 spiro atoms. The third-order valence-corrected chi connectivity index (χ3v) is 3.97. The smallest absolute Gasteiger partial charge is 0.311 e. The van der Waals surface area contributed by atoms with Crippen molar-refractivity contribution in [1.82, 2.24) is 5.43 Å². The number of ether oxygens (including phenoxy) is 2. The van der Waals surface area contributed by atoms with Gasteiger partial charge < -0.3 is 9.47 Å². The molecule has 1 amide bonds. The zero-order chi connectivity index (χ0) is 20.7. The van der Waals surface area contributed by atoms with Crippen molar-refractivity contribution in [2.45, 2.75) is 26.7 Å². The number of benzene rings is 2. The molecule has 0 saturated heterocycles. The van der Waals surface area contributed by atoms with Crippen LogP contribution in [0.2, 0.25) is 0 Å². The number of carbonyl (C=O) groups excluding carboxylic acids is 1. The number of methoxy groups -OCH3 is 1. The van der Waals surface area contributed by atoms with E-state index in [1.807, 2.05) is 39.0 Å². The van der Waals surface area contributed by atoms with Crippen LogP contribution < -0.4 is 14.9 Å². The molecule has 0 aliphatic carbocycles. The number of hydrogen-bond acceptors (Lipinski definition) is 6. The molecular formula is C20H23N3O5. The number of nitrogens with zero attached hydrogens (tertiary/aromatic N) is 2. The summed E-state index contributed by atoms with van der Waals surface area (Å²) in [5, 5.41) is 14.9. The van der Waals surface area contributed by atoms with E-state index < -0.39 is 10.8 Å². The Morgan fingerprint density at radius 2 is 2.07 bits per heavy atom. The molecule has 0 unspecified atom stereocenters. The van der Waals surface area contributed by atoms with Gasteiger partial charge in [0, 0.05) is 11.6 Å². The van der Waals surface area contributed by atoms with E-state index in [1.165, 1.54) is 25.5 Å². The number of amides is 1. The van der Waals surface area contributed by atoms with Crippen LogP contribution >= 0.6 is 0 Å². The molecule has 0 bridgehead atoms. The molecule has 0 fully saturated rings. The average Bonchev–Trinajstić information content (AvgIpc) is 2.65. The summed E-state index contributed by atoms with van der Waals surface area (Å²) in [5.41, 5.74) is 4.59. The lowest BCUT2D eigenvalue weighted by Gasteiger charge is -2.14. The van der Waals surface area contributed by atoms with Crippen LogP contribution in [0.25, 0.3) is 0 Å². The van der Waals surface area contributed by atoms with Crippen molar-refractivity contribution in [3.05, 3.63) is 63.2 Å². The van der Waals surface area contributed by atoms with Gasteiger partial charge in [0.1, 0.15) is 5.75 Å². The molecular weight excluding hydrogens is 362 g/mol. The predicted molar refractivity (Wildman–Crippen MR) is 106 cm³/mol. The molecule has 0 aliphatic rings. The Morgan fingerprint density at radius 3 is 2.71 bits per heavy atom. The lowest BCUT2D eigenvalue weighted by Crippen LogP contribution is -2.25. The Balaban J connectivity index is 2.01. The van der Waals surface area contributed by atoms with Crippen LogP contribution in [0.1, 0.15) is 36.5 Å². The Morgan fingerprint density at radius 1 is 1.32 bits per heavy atom. The van der Waals surface area contributed by atoms with E-state index in [-0.39, 0.29) is 24.0 Å². The van der Waals surface area contributed by atoms with Crippen LogP contribution in [0.15, 0.2) is 41.5 Å². The summed E-state index contributed by atoms with van der Waals surface area (Å²) in [6.07, 6.45) is 1.29. The molecule has 2 aromatic carbocycles. The van der Waals surface area contributed by atoms with Gasteiger partial charge in [0.2, 0.25) is 5.75 Å². The standard InChI is InChI=1S/C20H23N3O5/c1-13(2)16-9-8-14(3)10-18(16)28-12-19(24)22-21-11-15-6-5-7-17(23(25)26)20(15)27-4/h5-11,13H,12H2,1-4H3,(H,22,24). The summed E-state index contributed by atoms with van der Waals surface area (Å²) in [4.78, 5) is 22.5. The summed E-state index contributed by atoms with van der Waals surface area (Å²) < 4.78 is 10.7. The van der Waals surface area contributed by atoms with Crippen molar-refractivity contribution < 1.29 is 19.2 Å². The highest BCUT2D eigenvalue weighted by molar-refractivity contribution is 5.87. The molecule has 148 valence electrons. The van der Waals surface area contributed by atoms with Crippen LogP contribution in [0.3, 0.4) is 0 Å². The molecule has 8 nitrogen and oxygen atoms in total. The van der Waals surface area contributed by atoms with E-state index >= 15 is 0 Å². The van der Waals surface area contributed by atoms with Gasteiger partial charge in [-0.05, 0) is 36.1 Å². The van der Waals surface area contributed by atoms with E-state index in [2.05, 4.69) is 10.5 Å². The second-order valence-corrected chi connectivity index (χ2v) is 6.43. The van der Waals surface area contributed by atoms with Gasteiger partial charge in [0.15, 0.2) is 6.61 Å². The first-order chi connectivity index (χ1) is 13.3.